The number of morpholine rings is 1. The van der Waals surface area contributed by atoms with Crippen LogP contribution in [-0.2, 0) is 20.7 Å². The van der Waals surface area contributed by atoms with Gasteiger partial charge in [-0.25, -0.2) is 0 Å². The summed E-state index contributed by atoms with van der Waals surface area (Å²) in [5.74, 6) is 0.217. The van der Waals surface area contributed by atoms with Gasteiger partial charge in [0.15, 0.2) is 5.60 Å². The first-order valence-corrected chi connectivity index (χ1v) is 10.8. The van der Waals surface area contributed by atoms with Crippen molar-refractivity contribution in [3.63, 3.8) is 0 Å². The molecular weight excluding hydrogens is 376 g/mol. The van der Waals surface area contributed by atoms with Crippen molar-refractivity contribution in [2.24, 2.45) is 5.92 Å². The van der Waals surface area contributed by atoms with Crippen LogP contribution in [0.3, 0.4) is 0 Å². The van der Waals surface area contributed by atoms with E-state index in [4.69, 9.17) is 4.74 Å². The largest absolute Gasteiger partial charge is 0.361 e. The Labute approximate surface area is 178 Å². The summed E-state index contributed by atoms with van der Waals surface area (Å²) in [6.07, 6.45) is 3.49. The van der Waals surface area contributed by atoms with Crippen LogP contribution in [-0.4, -0.2) is 61.0 Å². The van der Waals surface area contributed by atoms with Crippen molar-refractivity contribution in [2.75, 3.05) is 33.8 Å². The van der Waals surface area contributed by atoms with E-state index in [2.05, 4.69) is 24.3 Å². The van der Waals surface area contributed by atoms with Crippen molar-refractivity contribution in [2.45, 2.75) is 31.3 Å². The molecule has 158 valence electrons. The quantitative estimate of drug-likeness (QED) is 0.765. The molecule has 1 atom stereocenters. The SMILES string of the molecule is CN(C)C(=O)C1(Cc2cccc(-c3ccccc3)c2)CN(C(=O)C2CCC2)CCO1. The minimum Gasteiger partial charge on any atom is -0.361 e. The third-order valence-electron chi connectivity index (χ3n) is 6.27. The van der Waals surface area contributed by atoms with Gasteiger partial charge in [-0.15, -0.1) is 0 Å². The zero-order valence-corrected chi connectivity index (χ0v) is 17.8. The standard InChI is InChI=1S/C25H30N2O3/c1-26(2)24(29)25(18-27(14-15-30-25)23(28)21-11-7-12-21)17-19-8-6-13-22(16-19)20-9-4-3-5-10-20/h3-6,8-10,13,16,21H,7,11-12,14-15,17-18H2,1-2H3. The number of nitrogens with zero attached hydrogens (tertiary/aromatic N) is 2. The highest BCUT2D eigenvalue weighted by molar-refractivity contribution is 5.87. The van der Waals surface area contributed by atoms with Crippen LogP contribution >= 0.6 is 0 Å². The zero-order valence-electron chi connectivity index (χ0n) is 17.8. The molecule has 0 radical (unpaired) electrons. The van der Waals surface area contributed by atoms with E-state index in [-0.39, 0.29) is 17.7 Å². The number of hydrogen-bond donors (Lipinski definition) is 0. The topological polar surface area (TPSA) is 49.9 Å². The van der Waals surface area contributed by atoms with Crippen LogP contribution in [0, 0.1) is 5.92 Å². The van der Waals surface area contributed by atoms with Gasteiger partial charge in [0.25, 0.3) is 5.91 Å². The highest BCUT2D eigenvalue weighted by Crippen LogP contribution is 2.32. The molecule has 0 N–H and O–H groups in total. The fraction of sp³-hybridized carbons (Fsp3) is 0.440. The summed E-state index contributed by atoms with van der Waals surface area (Å²) < 4.78 is 6.16. The van der Waals surface area contributed by atoms with Crippen LogP contribution in [0.4, 0.5) is 0 Å². The second kappa shape index (κ2) is 8.60. The third kappa shape index (κ3) is 4.12. The molecule has 2 aliphatic rings. The van der Waals surface area contributed by atoms with E-state index in [1.807, 2.05) is 35.2 Å². The normalized spacial score (nSPS) is 21.7. The van der Waals surface area contributed by atoms with Crippen LogP contribution in [0.2, 0.25) is 0 Å². The number of amides is 2. The van der Waals surface area contributed by atoms with Gasteiger partial charge in [-0.2, -0.15) is 0 Å². The zero-order chi connectivity index (χ0) is 21.1. The van der Waals surface area contributed by atoms with Gasteiger partial charge in [-0.1, -0.05) is 61.0 Å². The molecule has 1 aliphatic carbocycles. The van der Waals surface area contributed by atoms with Gasteiger partial charge >= 0.3 is 0 Å². The van der Waals surface area contributed by atoms with E-state index in [0.29, 0.717) is 26.1 Å². The molecule has 2 fully saturated rings. The van der Waals surface area contributed by atoms with Crippen molar-refractivity contribution in [3.05, 3.63) is 60.2 Å². The van der Waals surface area contributed by atoms with E-state index in [9.17, 15) is 9.59 Å². The molecule has 2 aromatic rings. The van der Waals surface area contributed by atoms with Gasteiger partial charge in [0.1, 0.15) is 0 Å². The van der Waals surface area contributed by atoms with Crippen molar-refractivity contribution < 1.29 is 14.3 Å². The lowest BCUT2D eigenvalue weighted by atomic mass is 9.83. The van der Waals surface area contributed by atoms with E-state index in [1.165, 1.54) is 0 Å². The number of rotatable bonds is 5. The number of hydrogen-bond acceptors (Lipinski definition) is 3. The van der Waals surface area contributed by atoms with E-state index >= 15 is 0 Å². The summed E-state index contributed by atoms with van der Waals surface area (Å²) in [6, 6.07) is 18.5. The Kier molecular flexibility index (Phi) is 5.91. The molecular formula is C25H30N2O3. The van der Waals surface area contributed by atoms with Gasteiger partial charge in [-0.3, -0.25) is 9.59 Å². The van der Waals surface area contributed by atoms with Gasteiger partial charge in [0, 0.05) is 33.0 Å². The second-order valence-corrected chi connectivity index (χ2v) is 8.67. The summed E-state index contributed by atoms with van der Waals surface area (Å²) in [5.41, 5.74) is 2.23. The Balaban J connectivity index is 1.61. The van der Waals surface area contributed by atoms with Crippen LogP contribution in [0.25, 0.3) is 11.1 Å². The number of ether oxygens (including phenoxy) is 1. The van der Waals surface area contributed by atoms with E-state index in [0.717, 1.165) is 36.0 Å². The predicted molar refractivity (Wildman–Crippen MR) is 117 cm³/mol. The average Bonchev–Trinajstić information content (AvgIpc) is 2.73. The molecule has 1 unspecified atom stereocenters. The minimum absolute atomic E-state index is 0.0845. The molecule has 0 aromatic heterocycles. The lowest BCUT2D eigenvalue weighted by Crippen LogP contribution is -2.62. The maximum absolute atomic E-state index is 13.3. The first kappa shape index (κ1) is 20.6. The fourth-order valence-electron chi connectivity index (χ4n) is 4.43. The molecule has 30 heavy (non-hydrogen) atoms. The Bertz CT molecular complexity index is 908. The molecule has 1 saturated heterocycles. The molecule has 0 bridgehead atoms. The highest BCUT2D eigenvalue weighted by atomic mass is 16.5. The monoisotopic (exact) mass is 406 g/mol. The minimum atomic E-state index is -1.05. The molecule has 5 heteroatoms. The second-order valence-electron chi connectivity index (χ2n) is 8.67. The summed E-state index contributed by atoms with van der Waals surface area (Å²) in [4.78, 5) is 29.6. The van der Waals surface area contributed by atoms with Crippen molar-refractivity contribution in [3.8, 4) is 11.1 Å². The van der Waals surface area contributed by atoms with Gasteiger partial charge in [-0.05, 0) is 29.5 Å². The lowest BCUT2D eigenvalue weighted by Gasteiger charge is -2.44. The van der Waals surface area contributed by atoms with E-state index < -0.39 is 5.60 Å². The smallest absolute Gasteiger partial charge is 0.256 e. The molecule has 1 aliphatic heterocycles. The summed E-state index contributed by atoms with van der Waals surface area (Å²) >= 11 is 0. The van der Waals surface area contributed by atoms with Crippen molar-refractivity contribution in [1.29, 1.82) is 0 Å². The highest BCUT2D eigenvalue weighted by Gasteiger charge is 2.47. The third-order valence-corrected chi connectivity index (χ3v) is 6.27. The molecule has 0 spiro atoms. The molecule has 1 saturated carbocycles. The molecule has 2 amide bonds. The van der Waals surface area contributed by atoms with Gasteiger partial charge in [0.05, 0.1) is 13.2 Å². The number of likely N-dealkylation sites (N-methyl/N-ethyl adjacent to an activating group) is 1. The first-order chi connectivity index (χ1) is 14.5. The number of carbonyl (C=O) groups excluding carboxylic acids is 2. The Morgan fingerprint density at radius 1 is 1.07 bits per heavy atom. The van der Waals surface area contributed by atoms with E-state index in [1.54, 1.807) is 19.0 Å². The fourth-order valence-corrected chi connectivity index (χ4v) is 4.43. The first-order valence-electron chi connectivity index (χ1n) is 10.8. The molecule has 4 rings (SSSR count). The maximum Gasteiger partial charge on any atom is 0.256 e. The summed E-state index contributed by atoms with van der Waals surface area (Å²) in [5, 5.41) is 0. The van der Waals surface area contributed by atoms with Gasteiger partial charge < -0.3 is 14.5 Å². The van der Waals surface area contributed by atoms with Crippen molar-refractivity contribution in [1.82, 2.24) is 9.80 Å². The maximum atomic E-state index is 13.3. The average molecular weight is 407 g/mol. The van der Waals surface area contributed by atoms with Crippen LogP contribution < -0.4 is 0 Å². The summed E-state index contributed by atoms with van der Waals surface area (Å²) in [6.45, 7) is 1.26. The lowest BCUT2D eigenvalue weighted by molar-refractivity contribution is -0.174. The Hall–Kier alpha value is -2.66. The van der Waals surface area contributed by atoms with Crippen LogP contribution in [0.1, 0.15) is 24.8 Å². The van der Waals surface area contributed by atoms with Crippen LogP contribution in [0.15, 0.2) is 54.6 Å². The van der Waals surface area contributed by atoms with Crippen LogP contribution in [0.5, 0.6) is 0 Å². The molecule has 5 nitrogen and oxygen atoms in total. The van der Waals surface area contributed by atoms with Crippen molar-refractivity contribution >= 4 is 11.8 Å². The predicted octanol–water partition coefficient (Wildman–Crippen LogP) is 3.38. The summed E-state index contributed by atoms with van der Waals surface area (Å²) in [7, 11) is 3.50. The van der Waals surface area contributed by atoms with Gasteiger partial charge in [0.2, 0.25) is 5.91 Å². The molecule has 2 aromatic carbocycles. The molecule has 1 heterocycles. The number of benzene rings is 2. The Morgan fingerprint density at radius 3 is 2.47 bits per heavy atom. The Morgan fingerprint density at radius 2 is 1.80 bits per heavy atom. The number of carbonyl (C=O) groups is 2.